The first-order chi connectivity index (χ1) is 15.8. The summed E-state index contributed by atoms with van der Waals surface area (Å²) in [4.78, 5) is 16.7. The molecule has 1 aromatic carbocycles. The summed E-state index contributed by atoms with van der Waals surface area (Å²) in [6, 6.07) is 5.50. The Kier molecular flexibility index (Phi) is 6.90. The summed E-state index contributed by atoms with van der Waals surface area (Å²) in [6.45, 7) is 2.32. The molecule has 1 saturated carbocycles. The average molecular weight is 464 g/mol. The van der Waals surface area contributed by atoms with E-state index in [-0.39, 0.29) is 29.4 Å². The van der Waals surface area contributed by atoms with E-state index in [0.717, 1.165) is 12.5 Å². The van der Waals surface area contributed by atoms with Gasteiger partial charge >= 0.3 is 6.18 Å². The standard InChI is InChI=1S/C25H32F3N3O2/c26-25(27,28)22-13-21(7-6-19(22)14-29)30-11-9-24(10-12-30)17-31(15-20(24)16-32)23(33)8-5-18-3-1-2-4-18/h6-7,13,18,20,32H,1-5,8-12,15-17H2. The van der Waals surface area contributed by atoms with Gasteiger partial charge in [-0.15, -0.1) is 0 Å². The summed E-state index contributed by atoms with van der Waals surface area (Å²) in [6.07, 6.45) is 3.33. The van der Waals surface area contributed by atoms with Crippen LogP contribution in [0.15, 0.2) is 18.2 Å². The van der Waals surface area contributed by atoms with Gasteiger partial charge < -0.3 is 14.9 Å². The van der Waals surface area contributed by atoms with E-state index in [9.17, 15) is 23.1 Å². The van der Waals surface area contributed by atoms with Gasteiger partial charge in [-0.3, -0.25) is 4.79 Å². The molecule has 2 saturated heterocycles. The summed E-state index contributed by atoms with van der Waals surface area (Å²) in [7, 11) is 0. The van der Waals surface area contributed by atoms with E-state index < -0.39 is 11.7 Å². The van der Waals surface area contributed by atoms with Crippen molar-refractivity contribution in [3.63, 3.8) is 0 Å². The van der Waals surface area contributed by atoms with Crippen LogP contribution >= 0.6 is 0 Å². The highest BCUT2D eigenvalue weighted by atomic mass is 19.4. The van der Waals surface area contributed by atoms with Crippen LogP contribution in [0.4, 0.5) is 18.9 Å². The van der Waals surface area contributed by atoms with Gasteiger partial charge in [0.25, 0.3) is 0 Å². The predicted octanol–water partition coefficient (Wildman–Crippen LogP) is 4.58. The molecule has 0 radical (unpaired) electrons. The molecule has 0 bridgehead atoms. The minimum absolute atomic E-state index is 0.00165. The van der Waals surface area contributed by atoms with E-state index in [0.29, 0.717) is 57.0 Å². The van der Waals surface area contributed by atoms with Crippen LogP contribution in [0.2, 0.25) is 0 Å². The van der Waals surface area contributed by atoms with Gasteiger partial charge in [0.2, 0.25) is 5.91 Å². The highest BCUT2D eigenvalue weighted by molar-refractivity contribution is 5.76. The number of hydrogen-bond donors (Lipinski definition) is 1. The normalized spacial score (nSPS) is 23.3. The number of aliphatic hydroxyl groups excluding tert-OH is 1. The molecule has 2 aliphatic heterocycles. The molecule has 0 aromatic heterocycles. The van der Waals surface area contributed by atoms with Crippen molar-refractivity contribution in [1.29, 1.82) is 5.26 Å². The zero-order chi connectivity index (χ0) is 23.6. The third kappa shape index (κ3) is 4.98. The van der Waals surface area contributed by atoms with Crippen molar-refractivity contribution >= 4 is 11.6 Å². The number of anilines is 1. The number of aliphatic hydroxyl groups is 1. The summed E-state index contributed by atoms with van der Waals surface area (Å²) >= 11 is 0. The third-order valence-electron chi connectivity index (χ3n) is 8.18. The van der Waals surface area contributed by atoms with Crippen LogP contribution in [-0.4, -0.2) is 48.7 Å². The number of nitriles is 1. The minimum Gasteiger partial charge on any atom is -0.396 e. The number of likely N-dealkylation sites (tertiary alicyclic amines) is 1. The number of nitrogens with zero attached hydrogens (tertiary/aromatic N) is 3. The van der Waals surface area contributed by atoms with Gasteiger partial charge in [0.1, 0.15) is 0 Å². The molecule has 1 atom stereocenters. The number of rotatable bonds is 5. The van der Waals surface area contributed by atoms with Crippen LogP contribution in [0.3, 0.4) is 0 Å². The number of carbonyl (C=O) groups excluding carboxylic acids is 1. The Balaban J connectivity index is 1.40. The molecule has 5 nitrogen and oxygen atoms in total. The van der Waals surface area contributed by atoms with Gasteiger partial charge in [-0.05, 0) is 48.8 Å². The fourth-order valence-electron chi connectivity index (χ4n) is 6.10. The van der Waals surface area contributed by atoms with E-state index >= 15 is 0 Å². The summed E-state index contributed by atoms with van der Waals surface area (Å²) in [5.41, 5.74) is -1.01. The van der Waals surface area contributed by atoms with Gasteiger partial charge in [0, 0.05) is 50.8 Å². The number of carbonyl (C=O) groups is 1. The van der Waals surface area contributed by atoms with Crippen molar-refractivity contribution in [2.75, 3.05) is 37.7 Å². The Labute approximate surface area is 193 Å². The number of halogens is 3. The molecule has 1 amide bonds. The molecule has 8 heteroatoms. The Hall–Kier alpha value is -2.27. The van der Waals surface area contributed by atoms with E-state index in [1.165, 1.54) is 31.7 Å². The lowest BCUT2D eigenvalue weighted by Crippen LogP contribution is -2.45. The first-order valence-electron chi connectivity index (χ1n) is 12.0. The molecule has 2 heterocycles. The lowest BCUT2D eigenvalue weighted by Gasteiger charge is -2.43. The molecule has 1 N–H and O–H groups in total. The molecular weight excluding hydrogens is 431 g/mol. The Morgan fingerprint density at radius 3 is 2.52 bits per heavy atom. The SMILES string of the molecule is N#Cc1ccc(N2CCC3(CC2)CN(C(=O)CCC2CCCC2)CC3CO)cc1C(F)(F)F. The van der Waals surface area contributed by atoms with Gasteiger partial charge in [-0.1, -0.05) is 25.7 Å². The van der Waals surface area contributed by atoms with Crippen LogP contribution in [0.25, 0.3) is 0 Å². The maximum atomic E-state index is 13.4. The van der Waals surface area contributed by atoms with Crippen molar-refractivity contribution in [3.8, 4) is 6.07 Å². The number of piperidine rings is 1. The van der Waals surface area contributed by atoms with Crippen LogP contribution in [0.5, 0.6) is 0 Å². The fraction of sp³-hybridized carbons (Fsp3) is 0.680. The molecule has 180 valence electrons. The van der Waals surface area contributed by atoms with E-state index in [1.807, 2.05) is 9.80 Å². The van der Waals surface area contributed by atoms with Gasteiger partial charge in [0.15, 0.2) is 0 Å². The predicted molar refractivity (Wildman–Crippen MR) is 118 cm³/mol. The smallest absolute Gasteiger partial charge is 0.396 e. The largest absolute Gasteiger partial charge is 0.417 e. The van der Waals surface area contributed by atoms with Crippen molar-refractivity contribution in [2.45, 2.75) is 57.5 Å². The lowest BCUT2D eigenvalue weighted by molar-refractivity contribution is -0.137. The second-order valence-corrected chi connectivity index (χ2v) is 10.0. The molecule has 1 unspecified atom stereocenters. The second kappa shape index (κ2) is 9.54. The van der Waals surface area contributed by atoms with Crippen molar-refractivity contribution in [1.82, 2.24) is 4.90 Å². The Morgan fingerprint density at radius 1 is 1.21 bits per heavy atom. The first kappa shape index (κ1) is 23.9. The highest BCUT2D eigenvalue weighted by Gasteiger charge is 2.49. The molecule has 3 aliphatic rings. The lowest BCUT2D eigenvalue weighted by atomic mass is 9.71. The van der Waals surface area contributed by atoms with Crippen molar-refractivity contribution in [2.24, 2.45) is 17.3 Å². The number of alkyl halides is 3. The van der Waals surface area contributed by atoms with Crippen LogP contribution < -0.4 is 4.90 Å². The zero-order valence-electron chi connectivity index (χ0n) is 18.9. The van der Waals surface area contributed by atoms with Crippen molar-refractivity contribution in [3.05, 3.63) is 29.3 Å². The molecule has 3 fully saturated rings. The average Bonchev–Trinajstić information content (AvgIpc) is 3.45. The Bertz CT molecular complexity index is 897. The zero-order valence-corrected chi connectivity index (χ0v) is 18.9. The van der Waals surface area contributed by atoms with E-state index in [4.69, 9.17) is 5.26 Å². The molecule has 1 spiro atoms. The van der Waals surface area contributed by atoms with Crippen molar-refractivity contribution < 1.29 is 23.1 Å². The molecule has 1 aromatic rings. The number of benzene rings is 1. The third-order valence-corrected chi connectivity index (χ3v) is 8.18. The monoisotopic (exact) mass is 463 g/mol. The fourth-order valence-corrected chi connectivity index (χ4v) is 6.10. The summed E-state index contributed by atoms with van der Waals surface area (Å²) in [5.74, 6) is 0.833. The van der Waals surface area contributed by atoms with Crippen LogP contribution in [0, 0.1) is 28.6 Å². The van der Waals surface area contributed by atoms with Gasteiger partial charge in [0.05, 0.1) is 17.2 Å². The minimum atomic E-state index is -4.58. The van der Waals surface area contributed by atoms with Crippen LogP contribution in [-0.2, 0) is 11.0 Å². The quantitative estimate of drug-likeness (QED) is 0.694. The first-order valence-corrected chi connectivity index (χ1v) is 12.0. The summed E-state index contributed by atoms with van der Waals surface area (Å²) < 4.78 is 40.1. The molecular formula is C25H32F3N3O2. The topological polar surface area (TPSA) is 67.6 Å². The highest BCUT2D eigenvalue weighted by Crippen LogP contribution is 2.46. The summed E-state index contributed by atoms with van der Waals surface area (Å²) in [5, 5.41) is 19.1. The van der Waals surface area contributed by atoms with Gasteiger partial charge in [-0.2, -0.15) is 18.4 Å². The molecule has 33 heavy (non-hydrogen) atoms. The van der Waals surface area contributed by atoms with Gasteiger partial charge in [-0.25, -0.2) is 0 Å². The molecule has 1 aliphatic carbocycles. The maximum Gasteiger partial charge on any atom is 0.417 e. The maximum absolute atomic E-state index is 13.4. The van der Waals surface area contributed by atoms with E-state index in [2.05, 4.69) is 0 Å². The molecule has 4 rings (SSSR count). The van der Waals surface area contributed by atoms with E-state index in [1.54, 1.807) is 12.1 Å². The van der Waals surface area contributed by atoms with Crippen LogP contribution in [0.1, 0.15) is 62.5 Å². The Morgan fingerprint density at radius 2 is 1.91 bits per heavy atom. The number of amides is 1. The second-order valence-electron chi connectivity index (χ2n) is 10.0. The number of hydrogen-bond acceptors (Lipinski definition) is 4.